The van der Waals surface area contributed by atoms with E-state index >= 15 is 0 Å². The number of nitro groups is 1. The average Bonchev–Trinajstić information content (AvgIpc) is 2.76. The molecule has 2 aromatic rings. The van der Waals surface area contributed by atoms with Crippen LogP contribution in [-0.4, -0.2) is 21.0 Å². The quantitative estimate of drug-likeness (QED) is 0.493. The highest BCUT2D eigenvalue weighted by atomic mass is 35.5. The van der Waals surface area contributed by atoms with E-state index in [0.717, 1.165) is 10.7 Å². The van der Waals surface area contributed by atoms with Crippen LogP contribution in [0.15, 0.2) is 24.3 Å². The minimum absolute atomic E-state index is 0.110. The fraction of sp³-hybridized carbons (Fsp3) is 0.0909. The summed E-state index contributed by atoms with van der Waals surface area (Å²) in [6, 6.07) is 5.10. The van der Waals surface area contributed by atoms with Crippen LogP contribution in [0.1, 0.15) is 22.5 Å². The zero-order valence-corrected chi connectivity index (χ0v) is 10.4. The summed E-state index contributed by atoms with van der Waals surface area (Å²) in [6.07, 6.45) is -2.81. The van der Waals surface area contributed by atoms with Gasteiger partial charge in [0.2, 0.25) is 0 Å². The molecule has 9 heteroatoms. The van der Waals surface area contributed by atoms with Crippen LogP contribution in [0.2, 0.25) is 5.15 Å². The van der Waals surface area contributed by atoms with Crippen molar-refractivity contribution in [3.8, 4) is 5.69 Å². The lowest BCUT2D eigenvalue weighted by molar-refractivity contribution is -0.384. The minimum atomic E-state index is -2.98. The predicted molar refractivity (Wildman–Crippen MR) is 65.6 cm³/mol. The van der Waals surface area contributed by atoms with E-state index in [0.29, 0.717) is 0 Å². The molecule has 0 saturated heterocycles. The zero-order valence-electron chi connectivity index (χ0n) is 9.66. The van der Waals surface area contributed by atoms with Gasteiger partial charge in [-0.05, 0) is 6.07 Å². The van der Waals surface area contributed by atoms with E-state index in [2.05, 4.69) is 5.10 Å². The van der Waals surface area contributed by atoms with Gasteiger partial charge in [-0.3, -0.25) is 14.9 Å². The molecule has 1 aromatic carbocycles. The Hall–Kier alpha value is -2.35. The number of benzene rings is 1. The lowest BCUT2D eigenvalue weighted by Crippen LogP contribution is -1.99. The number of carbonyl (C=O) groups excluding carboxylic acids is 1. The predicted octanol–water partition coefficient (Wildman–Crippen LogP) is 3.18. The Bertz CT molecular complexity index is 688. The Kier molecular flexibility index (Phi) is 3.75. The van der Waals surface area contributed by atoms with Gasteiger partial charge >= 0.3 is 0 Å². The zero-order chi connectivity index (χ0) is 14.9. The van der Waals surface area contributed by atoms with Crippen molar-refractivity contribution < 1.29 is 18.5 Å². The van der Waals surface area contributed by atoms with E-state index < -0.39 is 22.6 Å². The van der Waals surface area contributed by atoms with Crippen LogP contribution < -0.4 is 0 Å². The molecule has 6 nitrogen and oxygen atoms in total. The third kappa shape index (κ3) is 2.37. The summed E-state index contributed by atoms with van der Waals surface area (Å²) in [5.74, 6) is 0. The van der Waals surface area contributed by atoms with Crippen molar-refractivity contribution in [1.29, 1.82) is 0 Å². The highest BCUT2D eigenvalue weighted by Crippen LogP contribution is 2.29. The molecular formula is C11H6ClF2N3O3. The second-order valence-electron chi connectivity index (χ2n) is 3.70. The van der Waals surface area contributed by atoms with Gasteiger partial charge in [-0.15, -0.1) is 0 Å². The Morgan fingerprint density at radius 1 is 1.45 bits per heavy atom. The molecule has 1 aromatic heterocycles. The van der Waals surface area contributed by atoms with Gasteiger partial charge in [0.1, 0.15) is 10.8 Å². The third-order valence-electron chi connectivity index (χ3n) is 2.50. The number of non-ortho nitro benzene ring substituents is 1. The summed E-state index contributed by atoms with van der Waals surface area (Å²) < 4.78 is 26.3. The number of aldehydes is 1. The molecule has 0 radical (unpaired) electrons. The van der Waals surface area contributed by atoms with Crippen molar-refractivity contribution in [2.24, 2.45) is 0 Å². The van der Waals surface area contributed by atoms with Crippen LogP contribution in [0.4, 0.5) is 14.5 Å². The number of nitrogens with zero attached hydrogens (tertiary/aromatic N) is 3. The molecule has 1 heterocycles. The third-order valence-corrected chi connectivity index (χ3v) is 2.87. The number of hydrogen-bond acceptors (Lipinski definition) is 4. The molecule has 0 atom stereocenters. The minimum Gasteiger partial charge on any atom is -0.298 e. The van der Waals surface area contributed by atoms with Gasteiger partial charge in [-0.1, -0.05) is 17.7 Å². The molecule has 0 aliphatic heterocycles. The summed E-state index contributed by atoms with van der Waals surface area (Å²) >= 11 is 5.81. The Morgan fingerprint density at radius 2 is 2.15 bits per heavy atom. The van der Waals surface area contributed by atoms with Crippen LogP contribution in [0.3, 0.4) is 0 Å². The maximum Gasteiger partial charge on any atom is 0.282 e. The van der Waals surface area contributed by atoms with Crippen LogP contribution in [0.25, 0.3) is 5.69 Å². The molecule has 0 unspecified atom stereocenters. The van der Waals surface area contributed by atoms with Gasteiger partial charge in [0.05, 0.1) is 16.2 Å². The van der Waals surface area contributed by atoms with Crippen molar-refractivity contribution in [1.82, 2.24) is 9.78 Å². The number of hydrogen-bond donors (Lipinski definition) is 0. The summed E-state index contributed by atoms with van der Waals surface area (Å²) in [5.41, 5.74) is -1.34. The Labute approximate surface area is 115 Å². The maximum absolute atomic E-state index is 12.7. The molecule has 0 fully saturated rings. The lowest BCUT2D eigenvalue weighted by atomic mass is 10.2. The van der Waals surface area contributed by atoms with Crippen molar-refractivity contribution in [2.45, 2.75) is 6.43 Å². The highest BCUT2D eigenvalue weighted by Gasteiger charge is 2.24. The number of halogens is 3. The van der Waals surface area contributed by atoms with E-state index in [4.69, 9.17) is 11.6 Å². The van der Waals surface area contributed by atoms with Crippen molar-refractivity contribution in [2.75, 3.05) is 0 Å². The van der Waals surface area contributed by atoms with Crippen LogP contribution in [0, 0.1) is 10.1 Å². The van der Waals surface area contributed by atoms with E-state index in [1.807, 2.05) is 0 Å². The fourth-order valence-corrected chi connectivity index (χ4v) is 1.88. The van der Waals surface area contributed by atoms with Gasteiger partial charge in [0, 0.05) is 12.1 Å². The monoisotopic (exact) mass is 301 g/mol. The molecule has 2 rings (SSSR count). The highest BCUT2D eigenvalue weighted by molar-refractivity contribution is 6.32. The van der Waals surface area contributed by atoms with Crippen LogP contribution >= 0.6 is 11.6 Å². The number of alkyl halides is 2. The Morgan fingerprint density at radius 3 is 2.65 bits per heavy atom. The molecule has 0 aliphatic carbocycles. The first kappa shape index (κ1) is 14.1. The fourth-order valence-electron chi connectivity index (χ4n) is 1.60. The normalized spacial score (nSPS) is 10.8. The van der Waals surface area contributed by atoms with E-state index in [1.54, 1.807) is 0 Å². The molecule has 0 N–H and O–H groups in total. The van der Waals surface area contributed by atoms with Gasteiger partial charge in [-0.2, -0.15) is 5.10 Å². The number of nitro benzene ring substituents is 1. The SMILES string of the molecule is O=Cc1c(C(F)F)nn(-c2cccc([N+](=O)[O-])c2)c1Cl. The Balaban J connectivity index is 2.61. The molecule has 0 aliphatic rings. The standard InChI is InChI=1S/C11H6ClF2N3O3/c12-10-8(5-18)9(11(13)14)15-16(10)6-2-1-3-7(4-6)17(19)20/h1-5,11H. The summed E-state index contributed by atoms with van der Waals surface area (Å²) in [6.45, 7) is 0. The molecule has 20 heavy (non-hydrogen) atoms. The van der Waals surface area contributed by atoms with E-state index in [-0.39, 0.29) is 22.8 Å². The molecule has 0 saturated carbocycles. The largest absolute Gasteiger partial charge is 0.298 e. The number of aromatic nitrogens is 2. The number of carbonyl (C=O) groups is 1. The second kappa shape index (κ2) is 5.33. The molecule has 0 amide bonds. The molecular weight excluding hydrogens is 296 g/mol. The van der Waals surface area contributed by atoms with Gasteiger partial charge in [-0.25, -0.2) is 13.5 Å². The van der Waals surface area contributed by atoms with Crippen LogP contribution in [0.5, 0.6) is 0 Å². The molecule has 0 spiro atoms. The molecule has 104 valence electrons. The average molecular weight is 302 g/mol. The topological polar surface area (TPSA) is 78.0 Å². The van der Waals surface area contributed by atoms with Gasteiger partial charge in [0.15, 0.2) is 6.29 Å². The summed E-state index contributed by atoms with van der Waals surface area (Å²) in [7, 11) is 0. The van der Waals surface area contributed by atoms with Crippen molar-refractivity contribution in [3.05, 3.63) is 50.8 Å². The number of rotatable bonds is 4. The maximum atomic E-state index is 12.7. The smallest absolute Gasteiger partial charge is 0.282 e. The summed E-state index contributed by atoms with van der Waals surface area (Å²) in [4.78, 5) is 20.8. The van der Waals surface area contributed by atoms with Gasteiger partial charge < -0.3 is 0 Å². The van der Waals surface area contributed by atoms with E-state index in [9.17, 15) is 23.7 Å². The first-order valence-electron chi connectivity index (χ1n) is 5.22. The van der Waals surface area contributed by atoms with Gasteiger partial charge in [0.25, 0.3) is 12.1 Å². The second-order valence-corrected chi connectivity index (χ2v) is 4.06. The van der Waals surface area contributed by atoms with Crippen molar-refractivity contribution >= 4 is 23.6 Å². The lowest BCUT2D eigenvalue weighted by Gasteiger charge is -2.02. The first-order chi connectivity index (χ1) is 9.45. The first-order valence-corrected chi connectivity index (χ1v) is 5.60. The summed E-state index contributed by atoms with van der Waals surface area (Å²) in [5, 5.41) is 13.9. The van der Waals surface area contributed by atoms with Crippen molar-refractivity contribution in [3.63, 3.8) is 0 Å². The van der Waals surface area contributed by atoms with E-state index in [1.165, 1.54) is 18.2 Å². The molecule has 0 bridgehead atoms. The van der Waals surface area contributed by atoms with Crippen LogP contribution in [-0.2, 0) is 0 Å².